The molecule has 0 aliphatic carbocycles. The Morgan fingerprint density at radius 1 is 1.14 bits per heavy atom. The summed E-state index contributed by atoms with van der Waals surface area (Å²) in [4.78, 5) is 33.1. The number of carbonyl (C=O) groups excluding carboxylic acids is 1. The molecule has 9 heteroatoms. The molecule has 0 spiro atoms. The Morgan fingerprint density at radius 3 is 2.56 bits per heavy atom. The summed E-state index contributed by atoms with van der Waals surface area (Å²) >= 11 is 0. The predicted molar refractivity (Wildman–Crippen MR) is 131 cm³/mol. The van der Waals surface area contributed by atoms with Gasteiger partial charge in [-0.25, -0.2) is 9.37 Å². The molecule has 1 aliphatic heterocycles. The number of nitriles is 1. The van der Waals surface area contributed by atoms with Crippen LogP contribution < -0.4 is 15.6 Å². The third kappa shape index (κ3) is 5.44. The number of aromatic nitrogens is 2. The zero-order valence-corrected chi connectivity index (χ0v) is 20.3. The molecule has 1 aromatic heterocycles. The van der Waals surface area contributed by atoms with E-state index in [2.05, 4.69) is 11.4 Å². The summed E-state index contributed by atoms with van der Waals surface area (Å²) in [6.45, 7) is 5.27. The number of nitrogens with zero attached hydrogens (tertiary/aromatic N) is 4. The first-order valence-corrected chi connectivity index (χ1v) is 11.7. The third-order valence-electron chi connectivity index (χ3n) is 6.35. The van der Waals surface area contributed by atoms with E-state index in [1.54, 1.807) is 16.7 Å². The highest BCUT2D eigenvalue weighted by Gasteiger charge is 2.38. The van der Waals surface area contributed by atoms with E-state index < -0.39 is 5.54 Å². The van der Waals surface area contributed by atoms with Crippen LogP contribution in [-0.4, -0.2) is 33.4 Å². The molecule has 3 aromatic rings. The zero-order valence-electron chi connectivity index (χ0n) is 20.3. The molecule has 1 N–H and O–H groups in total. The van der Waals surface area contributed by atoms with Gasteiger partial charge in [0.1, 0.15) is 18.2 Å². The van der Waals surface area contributed by atoms with Crippen LogP contribution in [0.15, 0.2) is 59.4 Å². The van der Waals surface area contributed by atoms with Gasteiger partial charge < -0.3 is 10.1 Å². The number of carbonyl (C=O) groups is 1. The second-order valence-corrected chi connectivity index (χ2v) is 9.16. The molecule has 1 amide bonds. The van der Waals surface area contributed by atoms with Crippen LogP contribution in [0.5, 0.6) is 5.75 Å². The number of fused-ring (bicyclic) bond motifs is 1. The molecule has 36 heavy (non-hydrogen) atoms. The van der Waals surface area contributed by atoms with Crippen molar-refractivity contribution in [1.29, 1.82) is 5.26 Å². The van der Waals surface area contributed by atoms with E-state index in [-0.39, 0.29) is 54.8 Å². The molecule has 1 aliphatic rings. The standard InChI is InChI=1S/C27H28FN5O3/c1-27(2)26-31-22(16-23(34)30-17-19-8-10-21(28)11-9-19)24(36-18-20-6-4-3-5-7-20)25(35)33(26)15-14-32(27)13-12-29/h3-11H,13-18H2,1-2H3,(H,30,34). The van der Waals surface area contributed by atoms with Crippen LogP contribution in [-0.2, 0) is 36.5 Å². The lowest BCUT2D eigenvalue weighted by Gasteiger charge is -2.42. The normalized spacial score (nSPS) is 14.5. The first-order chi connectivity index (χ1) is 17.3. The Balaban J connectivity index is 1.64. The molecule has 0 unspecified atom stereocenters. The van der Waals surface area contributed by atoms with E-state index in [0.717, 1.165) is 11.1 Å². The average molecular weight is 490 g/mol. The van der Waals surface area contributed by atoms with Crippen LogP contribution in [0.2, 0.25) is 0 Å². The first-order valence-electron chi connectivity index (χ1n) is 11.7. The minimum Gasteiger partial charge on any atom is -0.482 e. The molecule has 2 aromatic carbocycles. The Kier molecular flexibility index (Phi) is 7.46. The molecular weight excluding hydrogens is 461 g/mol. The van der Waals surface area contributed by atoms with E-state index in [1.165, 1.54) is 12.1 Å². The summed E-state index contributed by atoms with van der Waals surface area (Å²) in [5.74, 6) is -0.160. The van der Waals surface area contributed by atoms with Crippen molar-refractivity contribution in [2.75, 3.05) is 13.1 Å². The van der Waals surface area contributed by atoms with Crippen molar-refractivity contribution in [3.8, 4) is 11.8 Å². The van der Waals surface area contributed by atoms with Crippen LogP contribution in [0, 0.1) is 17.1 Å². The number of halogens is 1. The summed E-state index contributed by atoms with van der Waals surface area (Å²) in [5.41, 5.74) is 0.835. The van der Waals surface area contributed by atoms with E-state index >= 15 is 0 Å². The maximum absolute atomic E-state index is 13.5. The molecule has 2 heterocycles. The topological polar surface area (TPSA) is 100 Å². The summed E-state index contributed by atoms with van der Waals surface area (Å²) < 4.78 is 20.7. The van der Waals surface area contributed by atoms with Gasteiger partial charge >= 0.3 is 0 Å². The molecule has 0 saturated carbocycles. The number of hydrogen-bond donors (Lipinski definition) is 1. The van der Waals surface area contributed by atoms with Crippen LogP contribution in [0.25, 0.3) is 0 Å². The van der Waals surface area contributed by atoms with Crippen LogP contribution in [0.4, 0.5) is 4.39 Å². The van der Waals surface area contributed by atoms with Crippen molar-refractivity contribution in [3.05, 3.63) is 93.4 Å². The lowest BCUT2D eigenvalue weighted by atomic mass is 9.98. The molecule has 0 saturated heterocycles. The highest BCUT2D eigenvalue weighted by Crippen LogP contribution is 2.30. The van der Waals surface area contributed by atoms with Gasteiger partial charge in [-0.1, -0.05) is 42.5 Å². The van der Waals surface area contributed by atoms with Crippen molar-refractivity contribution in [3.63, 3.8) is 0 Å². The van der Waals surface area contributed by atoms with Crippen LogP contribution in [0.1, 0.15) is 36.5 Å². The van der Waals surface area contributed by atoms with Crippen molar-refractivity contribution < 1.29 is 13.9 Å². The predicted octanol–water partition coefficient (Wildman–Crippen LogP) is 2.89. The lowest BCUT2D eigenvalue weighted by Crippen LogP contribution is -2.52. The number of ether oxygens (including phenoxy) is 1. The average Bonchev–Trinajstić information content (AvgIpc) is 2.86. The van der Waals surface area contributed by atoms with Gasteiger partial charge in [0.05, 0.1) is 30.3 Å². The largest absolute Gasteiger partial charge is 0.482 e. The fourth-order valence-electron chi connectivity index (χ4n) is 4.27. The Bertz CT molecular complexity index is 1330. The summed E-state index contributed by atoms with van der Waals surface area (Å²) in [6, 6.07) is 17.5. The molecule has 0 atom stereocenters. The summed E-state index contributed by atoms with van der Waals surface area (Å²) in [7, 11) is 0. The maximum Gasteiger partial charge on any atom is 0.296 e. The molecule has 8 nitrogen and oxygen atoms in total. The summed E-state index contributed by atoms with van der Waals surface area (Å²) in [6.07, 6.45) is -0.164. The Labute approximate surface area is 209 Å². The van der Waals surface area contributed by atoms with Crippen LogP contribution in [0.3, 0.4) is 0 Å². The zero-order chi connectivity index (χ0) is 25.7. The van der Waals surface area contributed by atoms with E-state index in [1.807, 2.05) is 49.1 Å². The van der Waals surface area contributed by atoms with Gasteiger partial charge in [-0.05, 0) is 37.1 Å². The quantitative estimate of drug-likeness (QED) is 0.489. The maximum atomic E-state index is 13.5. The van der Waals surface area contributed by atoms with Gasteiger partial charge in [0.25, 0.3) is 5.56 Å². The number of rotatable bonds is 8. The SMILES string of the molecule is CC1(C)c2nc(CC(=O)NCc3ccc(F)cc3)c(OCc3ccccc3)c(=O)n2CCN1CC#N. The Hall–Kier alpha value is -4.03. The number of nitrogens with one attached hydrogen (secondary N) is 1. The van der Waals surface area contributed by atoms with Gasteiger partial charge in [0.15, 0.2) is 0 Å². The minimum absolute atomic E-state index is 0.0454. The molecule has 0 bridgehead atoms. The van der Waals surface area contributed by atoms with Gasteiger partial charge in [0.2, 0.25) is 11.7 Å². The Morgan fingerprint density at radius 2 is 1.86 bits per heavy atom. The van der Waals surface area contributed by atoms with Crippen LogP contribution >= 0.6 is 0 Å². The van der Waals surface area contributed by atoms with Gasteiger partial charge in [-0.15, -0.1) is 0 Å². The second-order valence-electron chi connectivity index (χ2n) is 9.16. The highest BCUT2D eigenvalue weighted by atomic mass is 19.1. The number of benzene rings is 2. The van der Waals surface area contributed by atoms with Gasteiger partial charge in [-0.2, -0.15) is 5.26 Å². The number of amides is 1. The monoisotopic (exact) mass is 489 g/mol. The molecule has 4 rings (SSSR count). The van der Waals surface area contributed by atoms with Crippen molar-refractivity contribution in [2.24, 2.45) is 0 Å². The summed E-state index contributed by atoms with van der Waals surface area (Å²) in [5, 5.41) is 12.0. The minimum atomic E-state index is -0.690. The van der Waals surface area contributed by atoms with Gasteiger partial charge in [0, 0.05) is 19.6 Å². The van der Waals surface area contributed by atoms with E-state index in [9.17, 15) is 19.2 Å². The fraction of sp³-hybridized carbons (Fsp3) is 0.333. The smallest absolute Gasteiger partial charge is 0.296 e. The van der Waals surface area contributed by atoms with Crippen molar-refractivity contribution in [2.45, 2.75) is 45.5 Å². The van der Waals surface area contributed by atoms with E-state index in [4.69, 9.17) is 9.72 Å². The third-order valence-corrected chi connectivity index (χ3v) is 6.35. The second kappa shape index (κ2) is 10.7. The number of hydrogen-bond acceptors (Lipinski definition) is 6. The van der Waals surface area contributed by atoms with E-state index in [0.29, 0.717) is 18.9 Å². The molecule has 186 valence electrons. The first kappa shape index (κ1) is 25.1. The lowest BCUT2D eigenvalue weighted by molar-refractivity contribution is -0.120. The molecule has 0 radical (unpaired) electrons. The fourth-order valence-corrected chi connectivity index (χ4v) is 4.27. The molecule has 0 fully saturated rings. The molecular formula is C27H28FN5O3. The van der Waals surface area contributed by atoms with Gasteiger partial charge in [-0.3, -0.25) is 19.1 Å². The van der Waals surface area contributed by atoms with Crippen molar-refractivity contribution in [1.82, 2.24) is 19.8 Å². The van der Waals surface area contributed by atoms with Crippen molar-refractivity contribution >= 4 is 5.91 Å². The highest BCUT2D eigenvalue weighted by molar-refractivity contribution is 5.78.